The second kappa shape index (κ2) is 8.09. The topological polar surface area (TPSA) is 118 Å². The van der Waals surface area contributed by atoms with Crippen molar-refractivity contribution >= 4 is 33.0 Å². The Kier molecular flexibility index (Phi) is 5.19. The summed E-state index contributed by atoms with van der Waals surface area (Å²) in [6, 6.07) is 24.2. The minimum atomic E-state index is -4.43. The minimum absolute atomic E-state index is 0.00346. The van der Waals surface area contributed by atoms with Crippen LogP contribution in [0.4, 0.5) is 11.4 Å². The lowest BCUT2D eigenvalue weighted by Crippen LogP contribution is -2.56. The molecule has 0 aromatic heterocycles. The summed E-state index contributed by atoms with van der Waals surface area (Å²) < 4.78 is 26.3. The van der Waals surface area contributed by atoms with E-state index in [0.717, 1.165) is 0 Å². The smallest absolute Gasteiger partial charge is 0.238 e. The highest BCUT2D eigenvalue weighted by Crippen LogP contribution is 2.44. The summed E-state index contributed by atoms with van der Waals surface area (Å²) in [5, 5.41) is 12.0. The summed E-state index contributed by atoms with van der Waals surface area (Å²) in [5.41, 5.74) is 1.70. The molecule has 1 unspecified atom stereocenters. The maximum Gasteiger partial charge on any atom is 0.238 e. The molecule has 0 bridgehead atoms. The van der Waals surface area contributed by atoms with Crippen LogP contribution >= 0.6 is 0 Å². The van der Waals surface area contributed by atoms with Crippen LogP contribution in [0.1, 0.15) is 27.1 Å². The van der Waals surface area contributed by atoms with Crippen molar-refractivity contribution < 1.29 is 18.0 Å². The van der Waals surface area contributed by atoms with Crippen LogP contribution in [0.3, 0.4) is 0 Å². The summed E-state index contributed by atoms with van der Waals surface area (Å²) in [7, 11) is -4.43. The number of primary sulfonamides is 1. The standard InChI is InChI=1S/C26H21N3O4S/c27-34(32,33)26(29-18-11-5-2-6-12-18)16-15-21(28-17-9-3-1-4-10-17)22-23(26)25(31)20-14-8-7-13-19(20)24(22)30/h1-15,28-29H,16H2,(H2,27,32,33). The van der Waals surface area contributed by atoms with Crippen LogP contribution in [0.15, 0.2) is 108 Å². The predicted molar refractivity (Wildman–Crippen MR) is 131 cm³/mol. The van der Waals surface area contributed by atoms with Crippen LogP contribution in [-0.4, -0.2) is 24.9 Å². The molecule has 0 aliphatic heterocycles. The van der Waals surface area contributed by atoms with E-state index < -0.39 is 26.5 Å². The molecule has 5 rings (SSSR count). The highest BCUT2D eigenvalue weighted by Gasteiger charge is 2.54. The van der Waals surface area contributed by atoms with Crippen LogP contribution < -0.4 is 15.8 Å². The summed E-state index contributed by atoms with van der Waals surface area (Å²) in [6.45, 7) is 0. The number of carbonyl (C=O) groups is 2. The van der Waals surface area contributed by atoms with E-state index in [2.05, 4.69) is 10.6 Å². The molecule has 0 spiro atoms. The number of nitrogens with two attached hydrogens (primary N) is 1. The zero-order chi connectivity index (χ0) is 23.9. The highest BCUT2D eigenvalue weighted by molar-refractivity contribution is 7.91. The number of anilines is 2. The number of rotatable bonds is 5. The number of hydrogen-bond donors (Lipinski definition) is 3. The van der Waals surface area contributed by atoms with Crippen LogP contribution in [-0.2, 0) is 10.0 Å². The van der Waals surface area contributed by atoms with Gasteiger partial charge in [-0.3, -0.25) is 9.59 Å². The fraction of sp³-hybridized carbons (Fsp3) is 0.0769. The van der Waals surface area contributed by atoms with E-state index in [4.69, 9.17) is 5.14 Å². The number of allylic oxidation sites excluding steroid dienone is 1. The molecule has 3 aromatic rings. The first-order valence-electron chi connectivity index (χ1n) is 10.6. The van der Waals surface area contributed by atoms with E-state index in [1.54, 1.807) is 54.6 Å². The van der Waals surface area contributed by atoms with Crippen LogP contribution in [0, 0.1) is 0 Å². The quantitative estimate of drug-likeness (QED) is 0.520. The summed E-state index contributed by atoms with van der Waals surface area (Å²) in [4.78, 5) is 25.5. The molecule has 170 valence electrons. The van der Waals surface area contributed by atoms with Gasteiger partial charge in [0.25, 0.3) is 0 Å². The largest absolute Gasteiger partial charge is 0.361 e. The van der Waals surface area contributed by atoms with Crippen LogP contribution in [0.2, 0.25) is 0 Å². The molecule has 7 nitrogen and oxygen atoms in total. The lowest BCUT2D eigenvalue weighted by molar-refractivity contribution is 0.0969. The Bertz CT molecular complexity index is 1480. The third-order valence-corrected chi connectivity index (χ3v) is 7.49. The first-order chi connectivity index (χ1) is 16.3. The molecule has 3 aromatic carbocycles. The van der Waals surface area contributed by atoms with E-state index in [1.165, 1.54) is 6.07 Å². The zero-order valence-electron chi connectivity index (χ0n) is 18.0. The summed E-state index contributed by atoms with van der Waals surface area (Å²) in [5.74, 6) is -0.995. The molecule has 4 N–H and O–H groups in total. The third kappa shape index (κ3) is 3.44. The average Bonchev–Trinajstić information content (AvgIpc) is 2.84. The number of hydrogen-bond acceptors (Lipinski definition) is 6. The van der Waals surface area contributed by atoms with Gasteiger partial charge >= 0.3 is 0 Å². The van der Waals surface area contributed by atoms with Crippen molar-refractivity contribution in [3.8, 4) is 0 Å². The monoisotopic (exact) mass is 471 g/mol. The lowest BCUT2D eigenvalue weighted by Gasteiger charge is -2.40. The molecule has 2 aliphatic rings. The van der Waals surface area contributed by atoms with Crippen LogP contribution in [0.5, 0.6) is 0 Å². The molecule has 34 heavy (non-hydrogen) atoms. The molecule has 8 heteroatoms. The van der Waals surface area contributed by atoms with Gasteiger partial charge in [0.15, 0.2) is 16.4 Å². The molecule has 0 saturated carbocycles. The first-order valence-corrected chi connectivity index (χ1v) is 12.2. The van der Waals surface area contributed by atoms with Gasteiger partial charge < -0.3 is 10.6 Å². The zero-order valence-corrected chi connectivity index (χ0v) is 18.8. The van der Waals surface area contributed by atoms with Gasteiger partial charge in [-0.1, -0.05) is 66.7 Å². The van der Waals surface area contributed by atoms with Crippen molar-refractivity contribution in [2.75, 3.05) is 10.6 Å². The molecular weight excluding hydrogens is 450 g/mol. The van der Waals surface area contributed by atoms with Crippen molar-refractivity contribution in [1.82, 2.24) is 0 Å². The number of fused-ring (bicyclic) bond motifs is 1. The average molecular weight is 472 g/mol. The number of ketones is 2. The summed E-state index contributed by atoms with van der Waals surface area (Å²) >= 11 is 0. The number of benzene rings is 3. The van der Waals surface area contributed by atoms with Gasteiger partial charge in [0.1, 0.15) is 0 Å². The Morgan fingerprint density at radius 2 is 1.26 bits per heavy atom. The number of carbonyl (C=O) groups excluding carboxylic acids is 2. The van der Waals surface area contributed by atoms with Gasteiger partial charge in [-0.05, 0) is 24.3 Å². The normalized spacial score (nSPS) is 19.7. The maximum atomic E-state index is 13.8. The van der Waals surface area contributed by atoms with E-state index in [1.807, 2.05) is 30.3 Å². The molecule has 0 heterocycles. The van der Waals surface area contributed by atoms with Gasteiger partial charge in [-0.25, -0.2) is 13.6 Å². The Hall–Kier alpha value is -4.01. The van der Waals surface area contributed by atoms with E-state index >= 15 is 0 Å². The molecule has 1 atom stereocenters. The van der Waals surface area contributed by atoms with Gasteiger partial charge in [0.2, 0.25) is 10.0 Å². The van der Waals surface area contributed by atoms with E-state index in [9.17, 15) is 18.0 Å². The van der Waals surface area contributed by atoms with Crippen molar-refractivity contribution in [1.29, 1.82) is 0 Å². The summed E-state index contributed by atoms with van der Waals surface area (Å²) in [6.07, 6.45) is 1.45. The van der Waals surface area contributed by atoms with Gasteiger partial charge in [-0.15, -0.1) is 0 Å². The van der Waals surface area contributed by atoms with Crippen molar-refractivity contribution in [2.24, 2.45) is 5.14 Å². The Balaban J connectivity index is 1.76. The second-order valence-corrected chi connectivity index (χ2v) is 9.92. The number of para-hydroxylation sites is 2. The third-order valence-electron chi connectivity index (χ3n) is 6.05. The highest BCUT2D eigenvalue weighted by atomic mass is 32.2. The van der Waals surface area contributed by atoms with Gasteiger partial charge in [0.05, 0.1) is 11.1 Å². The number of nitrogens with one attached hydrogen (secondary N) is 2. The van der Waals surface area contributed by atoms with Crippen molar-refractivity contribution in [3.63, 3.8) is 0 Å². The minimum Gasteiger partial charge on any atom is -0.361 e. The van der Waals surface area contributed by atoms with Crippen molar-refractivity contribution in [3.05, 3.63) is 119 Å². The Morgan fingerprint density at radius 1 is 0.735 bits per heavy atom. The SMILES string of the molecule is NS(=O)(=O)C1(Nc2ccccc2)CC=C(Nc2ccccc2)C2=C1C(=O)c1ccccc1C2=O. The van der Waals surface area contributed by atoms with Gasteiger partial charge in [0, 0.05) is 34.6 Å². The van der Waals surface area contributed by atoms with Crippen molar-refractivity contribution in [2.45, 2.75) is 11.3 Å². The fourth-order valence-electron chi connectivity index (χ4n) is 4.46. The number of sulfonamides is 1. The lowest BCUT2D eigenvalue weighted by atomic mass is 9.76. The van der Waals surface area contributed by atoms with Crippen LogP contribution in [0.25, 0.3) is 0 Å². The van der Waals surface area contributed by atoms with E-state index in [0.29, 0.717) is 17.1 Å². The molecular formula is C26H21N3O4S. The molecule has 0 fully saturated rings. The Labute approximate surface area is 197 Å². The molecule has 2 aliphatic carbocycles. The predicted octanol–water partition coefficient (Wildman–Crippen LogP) is 3.86. The molecule has 0 radical (unpaired) electrons. The number of Topliss-reactive ketones (excluding diaryl/α,β-unsaturated/α-hetero) is 2. The molecule has 0 saturated heterocycles. The molecule has 0 amide bonds. The Morgan fingerprint density at radius 3 is 1.85 bits per heavy atom. The first kappa shape index (κ1) is 21.8. The second-order valence-electron chi connectivity index (χ2n) is 8.13. The van der Waals surface area contributed by atoms with E-state index in [-0.39, 0.29) is 28.7 Å². The maximum absolute atomic E-state index is 13.8. The van der Waals surface area contributed by atoms with Gasteiger partial charge in [-0.2, -0.15) is 0 Å². The fourth-order valence-corrected chi connectivity index (χ4v) is 5.51.